The minimum atomic E-state index is 0.817. The number of quaternary nitrogens is 1. The molecule has 1 rings (SSSR count). The molecule has 0 aliphatic rings. The van der Waals surface area contributed by atoms with E-state index in [1.165, 1.54) is 11.3 Å². The Morgan fingerprint density at radius 2 is 1.76 bits per heavy atom. The largest absolute Gasteiger partial charge is 0.379 e. The first-order chi connectivity index (χ1) is 8.31. The molecule has 0 bridgehead atoms. The van der Waals surface area contributed by atoms with Crippen LogP contribution in [0, 0.1) is 0 Å². The Hall–Kier alpha value is -1.06. The van der Waals surface area contributed by atoms with Crippen molar-refractivity contribution in [3.63, 3.8) is 0 Å². The fraction of sp³-hybridized carbons (Fsp3) is 0.571. The molecule has 1 aromatic rings. The Bertz CT molecular complexity index is 294. The van der Waals surface area contributed by atoms with Gasteiger partial charge in [-0.15, -0.1) is 0 Å². The second-order valence-electron chi connectivity index (χ2n) is 4.11. The monoisotopic (exact) mass is 237 g/mol. The molecule has 0 amide bonds. The number of hydrogen-bond donors (Lipinski definition) is 1. The van der Waals surface area contributed by atoms with E-state index in [9.17, 15) is 0 Å². The Labute approximate surface area is 105 Å². The molecule has 0 aliphatic carbocycles. The second kappa shape index (κ2) is 8.09. The second-order valence-corrected chi connectivity index (χ2v) is 4.11. The molecule has 0 atom stereocenters. The average Bonchev–Trinajstić information content (AvgIpc) is 2.38. The van der Waals surface area contributed by atoms with E-state index in [4.69, 9.17) is 4.74 Å². The van der Waals surface area contributed by atoms with Crippen molar-refractivity contribution >= 4 is 5.69 Å². The number of rotatable bonds is 8. The molecule has 0 saturated heterocycles. The first kappa shape index (κ1) is 14.0. The zero-order chi connectivity index (χ0) is 12.5. The van der Waals surface area contributed by atoms with E-state index in [1.807, 2.05) is 0 Å². The normalized spacial score (nSPS) is 10.5. The lowest BCUT2D eigenvalue weighted by atomic mass is 10.2. The summed E-state index contributed by atoms with van der Waals surface area (Å²) in [5, 5.41) is 2.27. The molecule has 0 radical (unpaired) electrons. The molecule has 1 aromatic carbocycles. The van der Waals surface area contributed by atoms with Gasteiger partial charge in [-0.3, -0.25) is 0 Å². The number of anilines is 1. The first-order valence-corrected chi connectivity index (χ1v) is 6.46. The summed E-state index contributed by atoms with van der Waals surface area (Å²) in [6.07, 6.45) is 0. The van der Waals surface area contributed by atoms with Crippen LogP contribution in [0.5, 0.6) is 0 Å². The van der Waals surface area contributed by atoms with E-state index >= 15 is 0 Å². The van der Waals surface area contributed by atoms with Gasteiger partial charge in [-0.2, -0.15) is 0 Å². The summed E-state index contributed by atoms with van der Waals surface area (Å²) in [5.41, 5.74) is 2.69. The molecule has 0 aromatic heterocycles. The van der Waals surface area contributed by atoms with Gasteiger partial charge in [0, 0.05) is 31.5 Å². The Balaban J connectivity index is 2.44. The predicted molar refractivity (Wildman–Crippen MR) is 72.4 cm³/mol. The van der Waals surface area contributed by atoms with E-state index in [-0.39, 0.29) is 0 Å². The maximum absolute atomic E-state index is 5.02. The van der Waals surface area contributed by atoms with Crippen LogP contribution in [0.25, 0.3) is 0 Å². The number of benzene rings is 1. The maximum Gasteiger partial charge on any atom is 0.101 e. The molecule has 96 valence electrons. The number of nitrogens with zero attached hydrogens (tertiary/aromatic N) is 1. The van der Waals surface area contributed by atoms with Gasteiger partial charge in [0.25, 0.3) is 0 Å². The molecule has 0 unspecified atom stereocenters. The van der Waals surface area contributed by atoms with Gasteiger partial charge < -0.3 is 15.0 Å². The Kier molecular flexibility index (Phi) is 6.67. The smallest absolute Gasteiger partial charge is 0.101 e. The van der Waals surface area contributed by atoms with Crippen molar-refractivity contribution in [2.24, 2.45) is 0 Å². The minimum absolute atomic E-state index is 0.817. The van der Waals surface area contributed by atoms with Gasteiger partial charge in [-0.05, 0) is 26.0 Å². The molecule has 2 N–H and O–H groups in total. The summed E-state index contributed by atoms with van der Waals surface area (Å²) >= 11 is 0. The minimum Gasteiger partial charge on any atom is -0.379 e. The van der Waals surface area contributed by atoms with Crippen molar-refractivity contribution < 1.29 is 10.1 Å². The Morgan fingerprint density at radius 1 is 1.12 bits per heavy atom. The highest BCUT2D eigenvalue weighted by molar-refractivity contribution is 5.47. The fourth-order valence-electron chi connectivity index (χ4n) is 1.90. The van der Waals surface area contributed by atoms with Crippen LogP contribution in [0.1, 0.15) is 19.4 Å². The first-order valence-electron chi connectivity index (χ1n) is 6.46. The van der Waals surface area contributed by atoms with E-state index in [2.05, 4.69) is 48.3 Å². The number of nitrogens with two attached hydrogens (primary N) is 1. The van der Waals surface area contributed by atoms with Crippen molar-refractivity contribution in [2.45, 2.75) is 20.4 Å². The fourth-order valence-corrected chi connectivity index (χ4v) is 1.90. The quantitative estimate of drug-likeness (QED) is 0.689. The van der Waals surface area contributed by atoms with Gasteiger partial charge in [0.15, 0.2) is 0 Å². The topological polar surface area (TPSA) is 29.1 Å². The van der Waals surface area contributed by atoms with Crippen LogP contribution in [0.4, 0.5) is 5.69 Å². The van der Waals surface area contributed by atoms with Crippen molar-refractivity contribution in [2.75, 3.05) is 38.3 Å². The van der Waals surface area contributed by atoms with E-state index in [0.717, 1.165) is 32.8 Å². The van der Waals surface area contributed by atoms with E-state index in [1.54, 1.807) is 7.11 Å². The molecular weight excluding hydrogens is 212 g/mol. The highest BCUT2D eigenvalue weighted by Crippen LogP contribution is 2.14. The molecule has 0 heterocycles. The lowest BCUT2D eigenvalue weighted by Crippen LogP contribution is -2.83. The standard InChI is InChI=1S/C14H24N2O/c1-4-16(5-2)14-8-6-13(7-9-14)12-15-10-11-17-3/h6-9,15H,4-5,10-12H2,1-3H3/p+1. The summed E-state index contributed by atoms with van der Waals surface area (Å²) < 4.78 is 5.02. The molecule has 3 nitrogen and oxygen atoms in total. The predicted octanol–water partition coefficient (Wildman–Crippen LogP) is 1.24. The molecule has 0 spiro atoms. The third-order valence-corrected chi connectivity index (χ3v) is 2.97. The summed E-state index contributed by atoms with van der Waals surface area (Å²) in [6.45, 7) is 9.38. The van der Waals surface area contributed by atoms with Crippen molar-refractivity contribution in [1.82, 2.24) is 0 Å². The maximum atomic E-state index is 5.02. The van der Waals surface area contributed by atoms with Crippen LogP contribution in [0.3, 0.4) is 0 Å². The molecule has 0 saturated carbocycles. The summed E-state index contributed by atoms with van der Waals surface area (Å²) in [6, 6.07) is 8.87. The van der Waals surface area contributed by atoms with Gasteiger partial charge in [-0.1, -0.05) is 12.1 Å². The highest BCUT2D eigenvalue weighted by Gasteiger charge is 2.01. The summed E-state index contributed by atoms with van der Waals surface area (Å²) in [7, 11) is 1.74. The van der Waals surface area contributed by atoms with Crippen LogP contribution in [0.15, 0.2) is 24.3 Å². The molecule has 0 fully saturated rings. The third-order valence-electron chi connectivity index (χ3n) is 2.97. The Morgan fingerprint density at radius 3 is 2.29 bits per heavy atom. The van der Waals surface area contributed by atoms with Gasteiger partial charge >= 0.3 is 0 Å². The van der Waals surface area contributed by atoms with Gasteiger partial charge in [0.2, 0.25) is 0 Å². The van der Waals surface area contributed by atoms with Crippen LogP contribution in [-0.4, -0.2) is 33.4 Å². The van der Waals surface area contributed by atoms with Crippen LogP contribution in [0.2, 0.25) is 0 Å². The summed E-state index contributed by atoms with van der Waals surface area (Å²) in [5.74, 6) is 0. The summed E-state index contributed by atoms with van der Waals surface area (Å²) in [4.78, 5) is 2.36. The van der Waals surface area contributed by atoms with Crippen LogP contribution >= 0.6 is 0 Å². The SMILES string of the molecule is CCN(CC)c1ccc(C[NH2+]CCOC)cc1. The molecule has 0 aliphatic heterocycles. The van der Waals surface area contributed by atoms with E-state index < -0.39 is 0 Å². The van der Waals surface area contributed by atoms with Crippen molar-refractivity contribution in [1.29, 1.82) is 0 Å². The molecule has 17 heavy (non-hydrogen) atoms. The number of methoxy groups -OCH3 is 1. The van der Waals surface area contributed by atoms with Crippen LogP contribution in [-0.2, 0) is 11.3 Å². The van der Waals surface area contributed by atoms with E-state index in [0.29, 0.717) is 0 Å². The van der Waals surface area contributed by atoms with Gasteiger partial charge in [0.05, 0.1) is 13.2 Å². The van der Waals surface area contributed by atoms with Gasteiger partial charge in [0.1, 0.15) is 6.54 Å². The molecule has 3 heteroatoms. The highest BCUT2D eigenvalue weighted by atomic mass is 16.5. The molecular formula is C14H25N2O+. The van der Waals surface area contributed by atoms with Gasteiger partial charge in [-0.25, -0.2) is 0 Å². The number of hydrogen-bond acceptors (Lipinski definition) is 2. The zero-order valence-corrected chi connectivity index (χ0v) is 11.3. The third kappa shape index (κ3) is 4.75. The number of ether oxygens (including phenoxy) is 1. The average molecular weight is 237 g/mol. The van der Waals surface area contributed by atoms with Crippen molar-refractivity contribution in [3.05, 3.63) is 29.8 Å². The van der Waals surface area contributed by atoms with Crippen molar-refractivity contribution in [3.8, 4) is 0 Å². The van der Waals surface area contributed by atoms with Crippen LogP contribution < -0.4 is 10.2 Å². The lowest BCUT2D eigenvalue weighted by Gasteiger charge is -2.20. The zero-order valence-electron chi connectivity index (χ0n) is 11.3. The lowest BCUT2D eigenvalue weighted by molar-refractivity contribution is -0.671.